The first-order valence-corrected chi connectivity index (χ1v) is 9.46. The molecule has 1 fully saturated rings. The van der Waals surface area contributed by atoms with Gasteiger partial charge in [0.15, 0.2) is 5.96 Å². The maximum absolute atomic E-state index is 14.0. The molecule has 28 heavy (non-hydrogen) atoms. The van der Waals surface area contributed by atoms with Crippen molar-refractivity contribution in [1.82, 2.24) is 25.1 Å². The molecule has 0 amide bonds. The lowest BCUT2D eigenvalue weighted by molar-refractivity contribution is 0.370. The molecule has 8 heteroatoms. The normalized spacial score (nSPS) is 15.2. The Balaban J connectivity index is 1.56. The molecule has 150 valence electrons. The van der Waals surface area contributed by atoms with E-state index in [-0.39, 0.29) is 5.82 Å². The molecule has 1 aliphatic heterocycles. The van der Waals surface area contributed by atoms with Crippen LogP contribution in [-0.4, -0.2) is 73.0 Å². The number of anilines is 1. The summed E-state index contributed by atoms with van der Waals surface area (Å²) in [6, 6.07) is 7.10. The van der Waals surface area contributed by atoms with Crippen LogP contribution in [-0.2, 0) is 13.1 Å². The summed E-state index contributed by atoms with van der Waals surface area (Å²) in [5, 5.41) is 3.40. The molecule has 2 aromatic rings. The van der Waals surface area contributed by atoms with Crippen LogP contribution >= 0.6 is 0 Å². The summed E-state index contributed by atoms with van der Waals surface area (Å²) >= 11 is 0. The van der Waals surface area contributed by atoms with Crippen molar-refractivity contribution >= 4 is 11.9 Å². The van der Waals surface area contributed by atoms with E-state index in [4.69, 9.17) is 0 Å². The zero-order valence-electron chi connectivity index (χ0n) is 16.8. The van der Waals surface area contributed by atoms with Gasteiger partial charge in [0.1, 0.15) is 5.82 Å². The van der Waals surface area contributed by atoms with Gasteiger partial charge >= 0.3 is 0 Å². The van der Waals surface area contributed by atoms with Gasteiger partial charge < -0.3 is 20.0 Å². The summed E-state index contributed by atoms with van der Waals surface area (Å²) in [6.45, 7) is 4.55. The summed E-state index contributed by atoms with van der Waals surface area (Å²) < 4.78 is 14.0. The van der Waals surface area contributed by atoms with E-state index < -0.39 is 0 Å². The van der Waals surface area contributed by atoms with Gasteiger partial charge in [-0.2, -0.15) is 0 Å². The lowest BCUT2D eigenvalue weighted by Gasteiger charge is -2.36. The van der Waals surface area contributed by atoms with Gasteiger partial charge in [-0.1, -0.05) is 6.07 Å². The molecule has 0 unspecified atom stereocenters. The van der Waals surface area contributed by atoms with E-state index in [2.05, 4.69) is 30.1 Å². The van der Waals surface area contributed by atoms with E-state index in [1.54, 1.807) is 19.4 Å². The fraction of sp³-hybridized carbons (Fsp3) is 0.450. The monoisotopic (exact) mass is 385 g/mol. The quantitative estimate of drug-likeness (QED) is 0.623. The number of hydrogen-bond acceptors (Lipinski definition) is 5. The van der Waals surface area contributed by atoms with Crippen LogP contribution in [0.15, 0.2) is 41.7 Å². The highest BCUT2D eigenvalue weighted by Gasteiger charge is 2.21. The first-order chi connectivity index (χ1) is 13.6. The number of benzene rings is 1. The van der Waals surface area contributed by atoms with Crippen LogP contribution in [0.4, 0.5) is 10.3 Å². The van der Waals surface area contributed by atoms with Gasteiger partial charge in [-0.05, 0) is 37.9 Å². The van der Waals surface area contributed by atoms with Gasteiger partial charge in [0, 0.05) is 64.3 Å². The maximum Gasteiger partial charge on any atom is 0.225 e. The number of nitrogens with one attached hydrogen (secondary N) is 1. The topological polar surface area (TPSA) is 59.9 Å². The smallest absolute Gasteiger partial charge is 0.225 e. The van der Waals surface area contributed by atoms with Crippen molar-refractivity contribution < 1.29 is 4.39 Å². The van der Waals surface area contributed by atoms with Crippen LogP contribution in [0, 0.1) is 5.82 Å². The number of aliphatic imine (C=N–C) groups is 1. The first kappa shape index (κ1) is 20.0. The second-order valence-corrected chi connectivity index (χ2v) is 7.09. The minimum Gasteiger partial charge on any atom is -0.352 e. The minimum absolute atomic E-state index is 0.166. The Morgan fingerprint density at radius 1 is 1.18 bits per heavy atom. The van der Waals surface area contributed by atoms with Crippen LogP contribution in [0.25, 0.3) is 0 Å². The molecule has 0 radical (unpaired) electrons. The Labute approximate surface area is 165 Å². The number of aromatic nitrogens is 2. The molecule has 1 N–H and O–H groups in total. The van der Waals surface area contributed by atoms with Gasteiger partial charge in [0.2, 0.25) is 5.95 Å². The van der Waals surface area contributed by atoms with Crippen LogP contribution in [0.2, 0.25) is 0 Å². The molecule has 7 nitrogen and oxygen atoms in total. The van der Waals surface area contributed by atoms with Gasteiger partial charge in [-0.3, -0.25) is 4.99 Å². The highest BCUT2D eigenvalue weighted by atomic mass is 19.1. The van der Waals surface area contributed by atoms with Crippen LogP contribution in [0.1, 0.15) is 11.1 Å². The summed E-state index contributed by atoms with van der Waals surface area (Å²) in [5.41, 5.74) is 1.74. The number of piperazine rings is 1. The van der Waals surface area contributed by atoms with E-state index in [0.29, 0.717) is 18.7 Å². The van der Waals surface area contributed by atoms with Crippen molar-refractivity contribution in [3.63, 3.8) is 0 Å². The average Bonchev–Trinajstić information content (AvgIpc) is 2.71. The molecule has 0 atom stereocenters. The summed E-state index contributed by atoms with van der Waals surface area (Å²) in [7, 11) is 5.66. The fourth-order valence-electron chi connectivity index (χ4n) is 3.29. The van der Waals surface area contributed by atoms with E-state index in [1.807, 2.05) is 37.2 Å². The zero-order valence-corrected chi connectivity index (χ0v) is 16.8. The molecule has 0 bridgehead atoms. The van der Waals surface area contributed by atoms with Crippen molar-refractivity contribution in [2.24, 2.45) is 4.99 Å². The van der Waals surface area contributed by atoms with Crippen molar-refractivity contribution in [2.75, 3.05) is 52.2 Å². The molecule has 0 aliphatic carbocycles. The average molecular weight is 385 g/mol. The Morgan fingerprint density at radius 3 is 2.54 bits per heavy atom. The molecule has 1 saturated heterocycles. The number of rotatable bonds is 5. The SMILES string of the molecule is CN=C(NCc1ccc(F)c(CN(C)C)c1)N1CCN(c2ncccn2)CC1. The summed E-state index contributed by atoms with van der Waals surface area (Å²) in [5.74, 6) is 1.46. The predicted octanol–water partition coefficient (Wildman–Crippen LogP) is 1.57. The van der Waals surface area contributed by atoms with Gasteiger partial charge in [-0.25, -0.2) is 14.4 Å². The van der Waals surface area contributed by atoms with Crippen molar-refractivity contribution in [2.45, 2.75) is 13.1 Å². The molecule has 3 rings (SSSR count). The second-order valence-electron chi connectivity index (χ2n) is 7.09. The molecule has 0 spiro atoms. The van der Waals surface area contributed by atoms with Crippen LogP contribution < -0.4 is 10.2 Å². The zero-order chi connectivity index (χ0) is 19.9. The largest absolute Gasteiger partial charge is 0.352 e. The number of hydrogen-bond donors (Lipinski definition) is 1. The second kappa shape index (κ2) is 9.45. The third-order valence-electron chi connectivity index (χ3n) is 4.67. The van der Waals surface area contributed by atoms with Crippen molar-refractivity contribution in [3.8, 4) is 0 Å². The van der Waals surface area contributed by atoms with Gasteiger partial charge in [-0.15, -0.1) is 0 Å². The van der Waals surface area contributed by atoms with E-state index in [9.17, 15) is 4.39 Å². The molecule has 2 heterocycles. The Kier molecular flexibility index (Phi) is 6.76. The molecule has 0 saturated carbocycles. The molecule has 1 aliphatic rings. The lowest BCUT2D eigenvalue weighted by Crippen LogP contribution is -2.52. The standard InChI is InChI=1S/C20H28FN7/c1-22-19(25-14-16-5-6-18(21)17(13-16)15-26(2)3)27-9-11-28(12-10-27)20-23-7-4-8-24-20/h4-8,13H,9-12,14-15H2,1-3H3,(H,22,25). The maximum atomic E-state index is 14.0. The Morgan fingerprint density at radius 2 is 1.89 bits per heavy atom. The predicted molar refractivity (Wildman–Crippen MR) is 110 cm³/mol. The Hall–Kier alpha value is -2.74. The third kappa shape index (κ3) is 5.16. The number of nitrogens with zero attached hydrogens (tertiary/aromatic N) is 6. The molecule has 1 aromatic heterocycles. The van der Waals surface area contributed by atoms with Crippen molar-refractivity contribution in [3.05, 3.63) is 53.6 Å². The highest BCUT2D eigenvalue weighted by molar-refractivity contribution is 5.80. The minimum atomic E-state index is -0.166. The van der Waals surface area contributed by atoms with Crippen LogP contribution in [0.5, 0.6) is 0 Å². The molecule has 1 aromatic carbocycles. The first-order valence-electron chi connectivity index (χ1n) is 9.46. The molecular weight excluding hydrogens is 357 g/mol. The van der Waals surface area contributed by atoms with E-state index in [0.717, 1.165) is 43.7 Å². The summed E-state index contributed by atoms with van der Waals surface area (Å²) in [6.07, 6.45) is 3.53. The third-order valence-corrected chi connectivity index (χ3v) is 4.67. The Bertz CT molecular complexity index is 786. The van der Waals surface area contributed by atoms with E-state index >= 15 is 0 Å². The van der Waals surface area contributed by atoms with Crippen LogP contribution in [0.3, 0.4) is 0 Å². The molecular formula is C20H28FN7. The number of halogens is 1. The highest BCUT2D eigenvalue weighted by Crippen LogP contribution is 2.13. The fourth-order valence-corrected chi connectivity index (χ4v) is 3.29. The number of guanidine groups is 1. The lowest BCUT2D eigenvalue weighted by atomic mass is 10.1. The summed E-state index contributed by atoms with van der Waals surface area (Å²) in [4.78, 5) is 19.4. The van der Waals surface area contributed by atoms with E-state index in [1.165, 1.54) is 6.07 Å². The van der Waals surface area contributed by atoms with Gasteiger partial charge in [0.25, 0.3) is 0 Å². The van der Waals surface area contributed by atoms with Crippen molar-refractivity contribution in [1.29, 1.82) is 0 Å². The van der Waals surface area contributed by atoms with Gasteiger partial charge in [0.05, 0.1) is 0 Å².